The molecule has 0 radical (unpaired) electrons. The van der Waals surface area contributed by atoms with Gasteiger partial charge in [0.2, 0.25) is 0 Å². The average molecular weight is 457 g/mol. The second-order valence-electron chi connectivity index (χ2n) is 7.75. The zero-order chi connectivity index (χ0) is 20.5. The summed E-state index contributed by atoms with van der Waals surface area (Å²) < 4.78 is 29.7. The summed E-state index contributed by atoms with van der Waals surface area (Å²) >= 11 is 3.20. The number of benzene rings is 1. The summed E-state index contributed by atoms with van der Waals surface area (Å²) in [7, 11) is 0. The van der Waals surface area contributed by atoms with E-state index < -0.39 is 12.2 Å². The number of halogens is 3. The summed E-state index contributed by atoms with van der Waals surface area (Å²) in [6.07, 6.45) is 4.80. The lowest BCUT2D eigenvalue weighted by Gasteiger charge is -2.36. The van der Waals surface area contributed by atoms with Gasteiger partial charge in [0.25, 0.3) is 5.91 Å². The molecule has 1 aliphatic rings. The third kappa shape index (κ3) is 4.97. The molecule has 1 aromatic carbocycles. The van der Waals surface area contributed by atoms with Crippen LogP contribution in [0.4, 0.5) is 8.78 Å². The van der Waals surface area contributed by atoms with Crippen molar-refractivity contribution >= 4 is 32.7 Å². The third-order valence-corrected chi connectivity index (χ3v) is 5.89. The second-order valence-corrected chi connectivity index (χ2v) is 8.61. The largest absolute Gasteiger partial charge is 0.434 e. The molecule has 2 N–H and O–H groups in total. The monoisotopic (exact) mass is 456 g/mol. The first kappa shape index (κ1) is 20.9. The molecule has 3 rings (SSSR count). The number of carbonyl (C=O) groups excluding carboxylic acids is 1. The maximum Gasteiger partial charge on any atom is 0.387 e. The number of amides is 1. The highest BCUT2D eigenvalue weighted by molar-refractivity contribution is 9.10. The molecule has 5 nitrogen and oxygen atoms in total. The molecule has 1 aliphatic carbocycles. The van der Waals surface area contributed by atoms with Crippen LogP contribution in [0.2, 0.25) is 0 Å². The molecule has 1 amide bonds. The van der Waals surface area contributed by atoms with Gasteiger partial charge in [-0.2, -0.15) is 8.78 Å². The molecule has 8 heteroatoms. The van der Waals surface area contributed by atoms with E-state index in [1.165, 1.54) is 12.3 Å². The Morgan fingerprint density at radius 2 is 1.96 bits per heavy atom. The minimum Gasteiger partial charge on any atom is -0.434 e. The number of pyridine rings is 1. The Hall–Kier alpha value is -1.80. The van der Waals surface area contributed by atoms with Crippen LogP contribution < -0.4 is 10.1 Å². The van der Waals surface area contributed by atoms with Crippen LogP contribution in [0, 0.1) is 5.92 Å². The highest BCUT2D eigenvalue weighted by Gasteiger charge is 2.31. The van der Waals surface area contributed by atoms with Crippen LogP contribution in [0.3, 0.4) is 0 Å². The molecule has 1 heterocycles. The predicted octanol–water partition coefficient (Wildman–Crippen LogP) is 4.66. The number of carbonyl (C=O) groups is 1. The number of nitrogens with one attached hydrogen (secondary N) is 1. The zero-order valence-electron chi connectivity index (χ0n) is 15.7. The molecule has 0 unspecified atom stereocenters. The fourth-order valence-corrected chi connectivity index (χ4v) is 4.11. The maximum atomic E-state index is 12.6. The molecular formula is C20H23BrF2N2O3. The predicted molar refractivity (Wildman–Crippen MR) is 106 cm³/mol. The number of aliphatic hydroxyl groups is 1. The topological polar surface area (TPSA) is 71.5 Å². The Morgan fingerprint density at radius 1 is 1.29 bits per heavy atom. The van der Waals surface area contributed by atoms with E-state index in [1.54, 1.807) is 12.1 Å². The van der Waals surface area contributed by atoms with Crippen molar-refractivity contribution in [1.82, 2.24) is 10.3 Å². The van der Waals surface area contributed by atoms with Crippen molar-refractivity contribution in [3.05, 3.63) is 34.4 Å². The van der Waals surface area contributed by atoms with Crippen molar-refractivity contribution in [2.45, 2.75) is 57.8 Å². The molecule has 0 spiro atoms. The number of fused-ring (bicyclic) bond motifs is 1. The minimum absolute atomic E-state index is 0.00392. The van der Waals surface area contributed by atoms with Crippen LogP contribution in [-0.2, 0) is 0 Å². The summed E-state index contributed by atoms with van der Waals surface area (Å²) in [5.41, 5.74) is 0.171. The number of hydrogen-bond acceptors (Lipinski definition) is 4. The van der Waals surface area contributed by atoms with E-state index in [1.807, 2.05) is 13.8 Å². The van der Waals surface area contributed by atoms with Crippen molar-refractivity contribution in [2.75, 3.05) is 0 Å². The normalized spacial score (nSPS) is 20.4. The molecule has 0 saturated heterocycles. The fourth-order valence-electron chi connectivity index (χ4n) is 3.65. The van der Waals surface area contributed by atoms with Crippen LogP contribution in [0.5, 0.6) is 5.75 Å². The number of aromatic nitrogens is 1. The first-order valence-corrected chi connectivity index (χ1v) is 10.00. The Bertz CT molecular complexity index is 862. The lowest BCUT2D eigenvalue weighted by atomic mass is 9.77. The zero-order valence-corrected chi connectivity index (χ0v) is 17.3. The lowest BCUT2D eigenvalue weighted by Crippen LogP contribution is -2.41. The number of alkyl halides is 2. The van der Waals surface area contributed by atoms with Crippen LogP contribution in [0.1, 0.15) is 49.9 Å². The van der Waals surface area contributed by atoms with Crippen LogP contribution >= 0.6 is 15.9 Å². The number of hydrogen-bond donors (Lipinski definition) is 2. The lowest BCUT2D eigenvalue weighted by molar-refractivity contribution is -0.0502. The summed E-state index contributed by atoms with van der Waals surface area (Å²) in [6, 6.07) is 4.75. The van der Waals surface area contributed by atoms with Gasteiger partial charge in [0.05, 0.1) is 21.2 Å². The summed E-state index contributed by atoms with van der Waals surface area (Å²) in [4.78, 5) is 16.8. The number of rotatable bonds is 5. The maximum absolute atomic E-state index is 12.6. The fraction of sp³-hybridized carbons (Fsp3) is 0.500. The first-order valence-electron chi connectivity index (χ1n) is 9.21. The van der Waals surface area contributed by atoms with Crippen molar-refractivity contribution in [2.24, 2.45) is 5.92 Å². The van der Waals surface area contributed by atoms with Crippen molar-refractivity contribution < 1.29 is 23.4 Å². The van der Waals surface area contributed by atoms with E-state index in [-0.39, 0.29) is 23.6 Å². The summed E-state index contributed by atoms with van der Waals surface area (Å²) in [5.74, 6) is 0.0194. The number of nitrogens with zero attached hydrogens (tertiary/aromatic N) is 1. The first-order chi connectivity index (χ1) is 13.1. The molecule has 0 atom stereocenters. The van der Waals surface area contributed by atoms with Crippen molar-refractivity contribution in [3.63, 3.8) is 0 Å². The highest BCUT2D eigenvalue weighted by Crippen LogP contribution is 2.33. The van der Waals surface area contributed by atoms with E-state index in [9.17, 15) is 18.7 Å². The molecule has 0 bridgehead atoms. The van der Waals surface area contributed by atoms with Gasteiger partial charge >= 0.3 is 6.61 Å². The standard InChI is InChI=1S/C20H23BrF2N2O3/c1-20(2,27)13-3-5-14(6-4-13)25-18(26)12-7-11-8-15(21)17(28-19(22)23)9-16(11)24-10-12/h7-10,13-14,19,27H,3-6H2,1-2H3,(H,25,26)/t13-,14-. The van der Waals surface area contributed by atoms with Crippen LogP contribution in [-0.4, -0.2) is 34.3 Å². The average Bonchev–Trinajstić information content (AvgIpc) is 2.61. The van der Waals surface area contributed by atoms with Crippen LogP contribution in [0.15, 0.2) is 28.9 Å². The molecule has 0 aliphatic heterocycles. The van der Waals surface area contributed by atoms with Gasteiger partial charge in [-0.15, -0.1) is 0 Å². The molecule has 1 saturated carbocycles. The van der Waals surface area contributed by atoms with E-state index in [0.717, 1.165) is 25.7 Å². The van der Waals surface area contributed by atoms with Gasteiger partial charge in [0.15, 0.2) is 0 Å². The third-order valence-electron chi connectivity index (χ3n) is 5.27. The van der Waals surface area contributed by atoms with Gasteiger partial charge in [-0.25, -0.2) is 0 Å². The quantitative estimate of drug-likeness (QED) is 0.686. The van der Waals surface area contributed by atoms with Gasteiger partial charge < -0.3 is 15.2 Å². The highest BCUT2D eigenvalue weighted by atomic mass is 79.9. The Kier molecular flexibility index (Phi) is 6.19. The van der Waals surface area contributed by atoms with E-state index in [2.05, 4.69) is 31.0 Å². The molecule has 28 heavy (non-hydrogen) atoms. The van der Waals surface area contributed by atoms with Crippen molar-refractivity contribution in [1.29, 1.82) is 0 Å². The molecule has 2 aromatic rings. The van der Waals surface area contributed by atoms with Gasteiger partial charge in [-0.3, -0.25) is 9.78 Å². The molecule has 152 valence electrons. The molecular weight excluding hydrogens is 434 g/mol. The smallest absolute Gasteiger partial charge is 0.387 e. The minimum atomic E-state index is -2.93. The van der Waals surface area contributed by atoms with Crippen LogP contribution in [0.25, 0.3) is 10.9 Å². The SMILES string of the molecule is CC(C)(O)[C@H]1CC[C@H](NC(=O)c2cnc3cc(OC(F)F)c(Br)cc3c2)CC1. The number of ether oxygens (including phenoxy) is 1. The Labute approximate surface area is 170 Å². The molecule has 1 fully saturated rings. The Balaban J connectivity index is 1.69. The van der Waals surface area contributed by atoms with Gasteiger partial charge in [-0.05, 0) is 73.5 Å². The van der Waals surface area contributed by atoms with Gasteiger partial charge in [0, 0.05) is 23.7 Å². The second kappa shape index (κ2) is 8.29. The summed E-state index contributed by atoms with van der Waals surface area (Å²) in [5, 5.41) is 13.8. The van der Waals surface area contributed by atoms with Crippen molar-refractivity contribution in [3.8, 4) is 5.75 Å². The molecule has 1 aromatic heterocycles. The van der Waals surface area contributed by atoms with E-state index >= 15 is 0 Å². The van der Waals surface area contributed by atoms with E-state index in [0.29, 0.717) is 20.9 Å². The Morgan fingerprint density at radius 3 is 2.57 bits per heavy atom. The van der Waals surface area contributed by atoms with Gasteiger partial charge in [0.1, 0.15) is 5.75 Å². The van der Waals surface area contributed by atoms with Gasteiger partial charge in [-0.1, -0.05) is 0 Å². The van der Waals surface area contributed by atoms with E-state index in [4.69, 9.17) is 0 Å². The summed E-state index contributed by atoms with van der Waals surface area (Å²) in [6.45, 7) is 0.728.